The second-order valence-corrected chi connectivity index (χ2v) is 9.66. The van der Waals surface area contributed by atoms with Crippen molar-refractivity contribution in [3.8, 4) is 0 Å². The van der Waals surface area contributed by atoms with Gasteiger partial charge in [0.15, 0.2) is 4.80 Å². The second kappa shape index (κ2) is 10.3. The lowest BCUT2D eigenvalue weighted by atomic mass is 10.2. The van der Waals surface area contributed by atoms with Gasteiger partial charge in [-0.15, -0.1) is 0 Å². The number of benzene rings is 2. The summed E-state index contributed by atoms with van der Waals surface area (Å²) in [6, 6.07) is 11.4. The summed E-state index contributed by atoms with van der Waals surface area (Å²) in [5.41, 5.74) is 1.95. The number of anilines is 1. The SMILES string of the molecule is CCOC(=O)Cn1c(=NC(=O)c2ccc(N(CC)CC)cc2)sc2cc(S(N)(=O)=O)ccc21. The molecule has 2 N–H and O–H groups in total. The van der Waals surface area contributed by atoms with Crippen molar-refractivity contribution >= 4 is 49.1 Å². The normalized spacial score (nSPS) is 12.2. The standard InChI is InChI=1S/C22H26N4O5S2/c1-4-25(5-2)16-9-7-15(8-10-16)21(28)24-22-26(14-20(27)31-6-3)18-12-11-17(33(23,29)30)13-19(18)32-22/h7-13H,4-6,14H2,1-3H3,(H2,23,29,30). The summed E-state index contributed by atoms with van der Waals surface area (Å²) in [7, 11) is -3.91. The van der Waals surface area contributed by atoms with Crippen molar-refractivity contribution < 1.29 is 22.7 Å². The third kappa shape index (κ3) is 5.67. The zero-order chi connectivity index (χ0) is 24.2. The molecule has 0 aliphatic heterocycles. The quantitative estimate of drug-likeness (QED) is 0.484. The van der Waals surface area contributed by atoms with Crippen molar-refractivity contribution in [1.82, 2.24) is 4.57 Å². The molecule has 0 saturated heterocycles. The average Bonchev–Trinajstić information content (AvgIpc) is 3.10. The van der Waals surface area contributed by atoms with Gasteiger partial charge in [0.05, 0.1) is 21.7 Å². The van der Waals surface area contributed by atoms with E-state index in [2.05, 4.69) is 23.7 Å². The van der Waals surface area contributed by atoms with E-state index in [9.17, 15) is 18.0 Å². The fourth-order valence-electron chi connectivity index (χ4n) is 3.36. The highest BCUT2D eigenvalue weighted by atomic mass is 32.2. The molecule has 11 heteroatoms. The lowest BCUT2D eigenvalue weighted by Crippen LogP contribution is -2.23. The van der Waals surface area contributed by atoms with Crippen molar-refractivity contribution in [3.05, 3.63) is 52.8 Å². The first-order chi connectivity index (χ1) is 15.7. The minimum Gasteiger partial charge on any atom is -0.465 e. The monoisotopic (exact) mass is 490 g/mol. The summed E-state index contributed by atoms with van der Waals surface area (Å²) in [4.78, 5) is 31.6. The van der Waals surface area contributed by atoms with Gasteiger partial charge in [0.25, 0.3) is 5.91 Å². The highest BCUT2D eigenvalue weighted by Crippen LogP contribution is 2.22. The number of esters is 1. The van der Waals surface area contributed by atoms with Gasteiger partial charge in [0.2, 0.25) is 10.0 Å². The van der Waals surface area contributed by atoms with Crippen LogP contribution in [0.3, 0.4) is 0 Å². The van der Waals surface area contributed by atoms with E-state index in [1.165, 1.54) is 22.8 Å². The van der Waals surface area contributed by atoms with Gasteiger partial charge in [0.1, 0.15) is 6.54 Å². The molecular weight excluding hydrogens is 464 g/mol. The molecule has 3 aromatic rings. The lowest BCUT2D eigenvalue weighted by molar-refractivity contribution is -0.143. The molecule has 1 aromatic heterocycles. The number of aromatic nitrogens is 1. The maximum atomic E-state index is 12.9. The zero-order valence-electron chi connectivity index (χ0n) is 18.6. The molecule has 0 spiro atoms. The van der Waals surface area contributed by atoms with Gasteiger partial charge < -0.3 is 14.2 Å². The van der Waals surface area contributed by atoms with Gasteiger partial charge in [-0.25, -0.2) is 13.6 Å². The topological polar surface area (TPSA) is 124 Å². The summed E-state index contributed by atoms with van der Waals surface area (Å²) in [6.07, 6.45) is 0. The Bertz CT molecular complexity index is 1340. The van der Waals surface area contributed by atoms with Crippen LogP contribution in [0.15, 0.2) is 52.4 Å². The third-order valence-electron chi connectivity index (χ3n) is 5.02. The number of nitrogens with zero attached hydrogens (tertiary/aromatic N) is 3. The summed E-state index contributed by atoms with van der Waals surface area (Å²) in [5.74, 6) is -0.970. The van der Waals surface area contributed by atoms with Crippen LogP contribution in [0.1, 0.15) is 31.1 Å². The molecule has 0 radical (unpaired) electrons. The Kier molecular flexibility index (Phi) is 7.67. The smallest absolute Gasteiger partial charge is 0.326 e. The first kappa shape index (κ1) is 24.6. The molecule has 3 rings (SSSR count). The van der Waals surface area contributed by atoms with Crippen LogP contribution in [0.5, 0.6) is 0 Å². The van der Waals surface area contributed by atoms with Crippen LogP contribution in [0.2, 0.25) is 0 Å². The Morgan fingerprint density at radius 3 is 2.33 bits per heavy atom. The minimum atomic E-state index is -3.91. The van der Waals surface area contributed by atoms with Gasteiger partial charge in [0, 0.05) is 24.3 Å². The number of carbonyl (C=O) groups excluding carboxylic acids is 2. The summed E-state index contributed by atoms with van der Waals surface area (Å²) in [6.45, 7) is 7.56. The predicted octanol–water partition coefficient (Wildman–Crippen LogP) is 2.50. The van der Waals surface area contributed by atoms with E-state index in [-0.39, 0.29) is 22.8 Å². The molecule has 0 aliphatic rings. The van der Waals surface area contributed by atoms with Crippen LogP contribution in [0.4, 0.5) is 5.69 Å². The number of nitrogens with two attached hydrogens (primary N) is 1. The van der Waals surface area contributed by atoms with E-state index in [1.54, 1.807) is 19.1 Å². The van der Waals surface area contributed by atoms with Crippen molar-refractivity contribution in [1.29, 1.82) is 0 Å². The minimum absolute atomic E-state index is 0.0654. The number of primary sulfonamides is 1. The van der Waals surface area contributed by atoms with Crippen LogP contribution in [0.25, 0.3) is 10.2 Å². The average molecular weight is 491 g/mol. The van der Waals surface area contributed by atoms with Crippen LogP contribution in [-0.4, -0.2) is 44.6 Å². The number of sulfonamides is 1. The summed E-state index contributed by atoms with van der Waals surface area (Å²) in [5, 5.41) is 5.24. The van der Waals surface area contributed by atoms with E-state index >= 15 is 0 Å². The summed E-state index contributed by atoms with van der Waals surface area (Å²) >= 11 is 1.09. The number of rotatable bonds is 8. The van der Waals surface area contributed by atoms with Crippen molar-refractivity contribution in [2.24, 2.45) is 10.1 Å². The third-order valence-corrected chi connectivity index (χ3v) is 6.97. The second-order valence-electron chi connectivity index (χ2n) is 7.09. The van der Waals surface area contributed by atoms with Crippen LogP contribution >= 0.6 is 11.3 Å². The number of thiazole rings is 1. The molecule has 0 fully saturated rings. The first-order valence-corrected chi connectivity index (χ1v) is 12.8. The highest BCUT2D eigenvalue weighted by Gasteiger charge is 2.16. The molecule has 176 valence electrons. The zero-order valence-corrected chi connectivity index (χ0v) is 20.3. The van der Waals surface area contributed by atoms with Gasteiger partial charge in [-0.3, -0.25) is 9.59 Å². The molecular formula is C22H26N4O5S2. The van der Waals surface area contributed by atoms with Crippen molar-refractivity contribution in [3.63, 3.8) is 0 Å². The first-order valence-electron chi connectivity index (χ1n) is 10.4. The molecule has 0 bridgehead atoms. The molecule has 0 unspecified atom stereocenters. The Morgan fingerprint density at radius 1 is 1.09 bits per heavy atom. The summed E-state index contributed by atoms with van der Waals surface area (Å²) < 4.78 is 30.6. The van der Waals surface area contributed by atoms with E-state index in [1.807, 2.05) is 12.1 Å². The Morgan fingerprint density at radius 2 is 1.76 bits per heavy atom. The number of ether oxygens (including phenoxy) is 1. The largest absolute Gasteiger partial charge is 0.465 e. The van der Waals surface area contributed by atoms with Gasteiger partial charge in [-0.05, 0) is 63.2 Å². The number of hydrogen-bond acceptors (Lipinski definition) is 7. The molecule has 0 saturated carbocycles. The van der Waals surface area contributed by atoms with Gasteiger partial charge >= 0.3 is 5.97 Å². The Hall–Kier alpha value is -3.02. The maximum Gasteiger partial charge on any atom is 0.326 e. The molecule has 1 amide bonds. The predicted molar refractivity (Wildman–Crippen MR) is 128 cm³/mol. The molecule has 2 aromatic carbocycles. The van der Waals surface area contributed by atoms with E-state index in [0.29, 0.717) is 15.8 Å². The van der Waals surface area contributed by atoms with Crippen molar-refractivity contribution in [2.75, 3.05) is 24.6 Å². The van der Waals surface area contributed by atoms with Crippen LogP contribution in [-0.2, 0) is 26.1 Å². The fourth-order valence-corrected chi connectivity index (χ4v) is 5.04. The Balaban J connectivity index is 2.07. The van der Waals surface area contributed by atoms with Crippen LogP contribution < -0.4 is 14.8 Å². The molecule has 0 atom stereocenters. The fraction of sp³-hybridized carbons (Fsp3) is 0.318. The molecule has 33 heavy (non-hydrogen) atoms. The lowest BCUT2D eigenvalue weighted by Gasteiger charge is -2.20. The molecule has 0 aliphatic carbocycles. The maximum absolute atomic E-state index is 12.9. The van der Waals surface area contributed by atoms with Crippen LogP contribution in [0, 0.1) is 0 Å². The number of fused-ring (bicyclic) bond motifs is 1. The molecule has 9 nitrogen and oxygen atoms in total. The molecule has 1 heterocycles. The van der Waals surface area contributed by atoms with E-state index in [4.69, 9.17) is 9.88 Å². The van der Waals surface area contributed by atoms with Crippen molar-refractivity contribution in [2.45, 2.75) is 32.2 Å². The van der Waals surface area contributed by atoms with Gasteiger partial charge in [-0.1, -0.05) is 11.3 Å². The number of carbonyl (C=O) groups is 2. The van der Waals surface area contributed by atoms with Gasteiger partial charge in [-0.2, -0.15) is 4.99 Å². The number of amides is 1. The van der Waals surface area contributed by atoms with E-state index < -0.39 is 21.9 Å². The Labute approximate surface area is 196 Å². The highest BCUT2D eigenvalue weighted by molar-refractivity contribution is 7.89. The van der Waals surface area contributed by atoms with E-state index in [0.717, 1.165) is 30.1 Å². The number of hydrogen-bond donors (Lipinski definition) is 1.